The van der Waals surface area contributed by atoms with Gasteiger partial charge in [-0.15, -0.1) is 0 Å². The SMILES string of the molecule is COC(=O)C[C@H](C)NC(=O)Nc1ccccc1C(F)(F)F. The lowest BCUT2D eigenvalue weighted by atomic mass is 10.1. The van der Waals surface area contributed by atoms with Crippen molar-refractivity contribution < 1.29 is 27.5 Å². The molecule has 2 N–H and O–H groups in total. The Morgan fingerprint density at radius 2 is 1.90 bits per heavy atom. The zero-order chi connectivity index (χ0) is 16.0. The van der Waals surface area contributed by atoms with Crippen LogP contribution in [0.1, 0.15) is 18.9 Å². The molecule has 0 saturated carbocycles. The van der Waals surface area contributed by atoms with Gasteiger partial charge in [-0.3, -0.25) is 4.79 Å². The van der Waals surface area contributed by atoms with E-state index in [2.05, 4.69) is 15.4 Å². The van der Waals surface area contributed by atoms with Gasteiger partial charge in [0.1, 0.15) is 0 Å². The number of amides is 2. The fourth-order valence-corrected chi connectivity index (χ4v) is 1.61. The summed E-state index contributed by atoms with van der Waals surface area (Å²) < 4.78 is 42.7. The number of rotatable bonds is 4. The summed E-state index contributed by atoms with van der Waals surface area (Å²) in [4.78, 5) is 22.6. The number of hydrogen-bond acceptors (Lipinski definition) is 3. The topological polar surface area (TPSA) is 67.4 Å². The number of nitrogens with one attached hydrogen (secondary N) is 2. The summed E-state index contributed by atoms with van der Waals surface area (Å²) in [7, 11) is 1.20. The van der Waals surface area contributed by atoms with E-state index in [1.54, 1.807) is 0 Å². The van der Waals surface area contributed by atoms with Gasteiger partial charge in [-0.05, 0) is 19.1 Å². The summed E-state index contributed by atoms with van der Waals surface area (Å²) in [5, 5.41) is 4.47. The van der Waals surface area contributed by atoms with Crippen LogP contribution in [0.3, 0.4) is 0 Å². The molecule has 2 amide bonds. The molecule has 0 unspecified atom stereocenters. The minimum Gasteiger partial charge on any atom is -0.469 e. The van der Waals surface area contributed by atoms with E-state index in [-0.39, 0.29) is 12.1 Å². The van der Waals surface area contributed by atoms with Gasteiger partial charge >= 0.3 is 18.2 Å². The van der Waals surface area contributed by atoms with E-state index >= 15 is 0 Å². The predicted molar refractivity (Wildman–Crippen MR) is 69.7 cm³/mol. The third kappa shape index (κ3) is 5.33. The molecule has 1 aromatic rings. The molecule has 116 valence electrons. The van der Waals surface area contributed by atoms with Crippen molar-refractivity contribution in [1.29, 1.82) is 0 Å². The molecule has 8 heteroatoms. The highest BCUT2D eigenvalue weighted by molar-refractivity contribution is 5.90. The van der Waals surface area contributed by atoms with Crippen molar-refractivity contribution in [2.75, 3.05) is 12.4 Å². The van der Waals surface area contributed by atoms with Gasteiger partial charge in [0.15, 0.2) is 0 Å². The van der Waals surface area contributed by atoms with Crippen LogP contribution < -0.4 is 10.6 Å². The standard InChI is InChI=1S/C13H15F3N2O3/c1-8(7-11(19)21-2)17-12(20)18-10-6-4-3-5-9(10)13(14,15)16/h3-6,8H,7H2,1-2H3,(H2,17,18,20)/t8-/m0/s1. The molecule has 0 saturated heterocycles. The molecule has 1 rings (SSSR count). The van der Waals surface area contributed by atoms with Crippen LogP contribution in [0, 0.1) is 0 Å². The number of para-hydroxylation sites is 1. The fourth-order valence-electron chi connectivity index (χ4n) is 1.61. The summed E-state index contributed by atoms with van der Waals surface area (Å²) in [6.07, 6.45) is -4.65. The first kappa shape index (κ1) is 16.8. The largest absolute Gasteiger partial charge is 0.469 e. The van der Waals surface area contributed by atoms with Crippen molar-refractivity contribution in [1.82, 2.24) is 5.32 Å². The van der Waals surface area contributed by atoms with Crippen LogP contribution in [-0.4, -0.2) is 25.2 Å². The highest BCUT2D eigenvalue weighted by Crippen LogP contribution is 2.34. The van der Waals surface area contributed by atoms with Crippen molar-refractivity contribution in [2.45, 2.75) is 25.6 Å². The normalized spacial score (nSPS) is 12.4. The second-order valence-electron chi connectivity index (χ2n) is 4.32. The zero-order valence-electron chi connectivity index (χ0n) is 11.5. The Morgan fingerprint density at radius 3 is 2.48 bits per heavy atom. The quantitative estimate of drug-likeness (QED) is 0.841. The highest BCUT2D eigenvalue weighted by atomic mass is 19.4. The molecule has 0 aliphatic heterocycles. The maximum atomic E-state index is 12.7. The predicted octanol–water partition coefficient (Wildman–Crippen LogP) is 2.78. The number of halogens is 3. The number of methoxy groups -OCH3 is 1. The third-order valence-electron chi connectivity index (χ3n) is 2.56. The molecular weight excluding hydrogens is 289 g/mol. The molecule has 0 bridgehead atoms. The maximum absolute atomic E-state index is 12.7. The molecule has 1 aromatic carbocycles. The second-order valence-corrected chi connectivity index (χ2v) is 4.32. The van der Waals surface area contributed by atoms with Crippen LogP contribution in [-0.2, 0) is 15.7 Å². The minimum absolute atomic E-state index is 0.0785. The molecular formula is C13H15F3N2O3. The van der Waals surface area contributed by atoms with E-state index in [1.165, 1.54) is 26.2 Å². The molecule has 0 aliphatic rings. The number of urea groups is 1. The lowest BCUT2D eigenvalue weighted by Crippen LogP contribution is -2.37. The molecule has 1 atom stereocenters. The van der Waals surface area contributed by atoms with Crippen molar-refractivity contribution in [2.24, 2.45) is 0 Å². The molecule has 21 heavy (non-hydrogen) atoms. The van der Waals surface area contributed by atoms with Crippen LogP contribution >= 0.6 is 0 Å². The summed E-state index contributed by atoms with van der Waals surface area (Å²) >= 11 is 0. The fraction of sp³-hybridized carbons (Fsp3) is 0.385. The van der Waals surface area contributed by atoms with Gasteiger partial charge in [-0.25, -0.2) is 4.79 Å². The number of alkyl halides is 3. The minimum atomic E-state index is -4.57. The van der Waals surface area contributed by atoms with Crippen molar-refractivity contribution in [3.8, 4) is 0 Å². The molecule has 0 fully saturated rings. The first-order valence-electron chi connectivity index (χ1n) is 6.04. The summed E-state index contributed by atoms with van der Waals surface area (Å²) in [6, 6.07) is 3.22. The van der Waals surface area contributed by atoms with E-state index in [9.17, 15) is 22.8 Å². The van der Waals surface area contributed by atoms with Gasteiger partial charge in [0.25, 0.3) is 0 Å². The average molecular weight is 304 g/mol. The monoisotopic (exact) mass is 304 g/mol. The molecule has 0 aromatic heterocycles. The smallest absolute Gasteiger partial charge is 0.418 e. The number of carbonyl (C=O) groups is 2. The first-order chi connectivity index (χ1) is 9.74. The summed E-state index contributed by atoms with van der Waals surface area (Å²) in [6.45, 7) is 1.53. The van der Waals surface area contributed by atoms with E-state index in [0.29, 0.717) is 0 Å². The molecule has 5 nitrogen and oxygen atoms in total. The van der Waals surface area contributed by atoms with Crippen molar-refractivity contribution >= 4 is 17.7 Å². The molecule has 0 aliphatic carbocycles. The van der Waals surface area contributed by atoms with Crippen molar-refractivity contribution in [3.05, 3.63) is 29.8 Å². The Balaban J connectivity index is 2.70. The van der Waals surface area contributed by atoms with Crippen LogP contribution in [0.15, 0.2) is 24.3 Å². The zero-order valence-corrected chi connectivity index (χ0v) is 11.5. The second kappa shape index (κ2) is 6.96. The Hall–Kier alpha value is -2.25. The van der Waals surface area contributed by atoms with E-state index in [4.69, 9.17) is 0 Å². The Kier molecular flexibility index (Phi) is 5.57. The van der Waals surface area contributed by atoms with Gasteiger partial charge in [-0.2, -0.15) is 13.2 Å². The Bertz CT molecular complexity index is 518. The lowest BCUT2D eigenvalue weighted by molar-refractivity contribution is -0.141. The summed E-state index contributed by atoms with van der Waals surface area (Å²) in [5.74, 6) is -0.529. The van der Waals surface area contributed by atoms with E-state index in [0.717, 1.165) is 12.1 Å². The van der Waals surface area contributed by atoms with Gasteiger partial charge in [0, 0.05) is 6.04 Å². The number of ether oxygens (including phenoxy) is 1. The first-order valence-corrected chi connectivity index (χ1v) is 6.04. The highest BCUT2D eigenvalue weighted by Gasteiger charge is 2.33. The Morgan fingerprint density at radius 1 is 1.29 bits per heavy atom. The van der Waals surface area contributed by atoms with E-state index < -0.39 is 29.8 Å². The van der Waals surface area contributed by atoms with Crippen LogP contribution in [0.25, 0.3) is 0 Å². The maximum Gasteiger partial charge on any atom is 0.418 e. The number of benzene rings is 1. The van der Waals surface area contributed by atoms with Gasteiger partial charge in [-0.1, -0.05) is 12.1 Å². The van der Waals surface area contributed by atoms with Crippen LogP contribution in [0.2, 0.25) is 0 Å². The van der Waals surface area contributed by atoms with Gasteiger partial charge in [0.05, 0.1) is 24.8 Å². The lowest BCUT2D eigenvalue weighted by Gasteiger charge is -2.16. The molecule has 0 heterocycles. The number of carbonyl (C=O) groups excluding carboxylic acids is 2. The van der Waals surface area contributed by atoms with Crippen molar-refractivity contribution in [3.63, 3.8) is 0 Å². The van der Waals surface area contributed by atoms with Crippen LogP contribution in [0.4, 0.5) is 23.7 Å². The van der Waals surface area contributed by atoms with Gasteiger partial charge in [0.2, 0.25) is 0 Å². The number of anilines is 1. The number of esters is 1. The Labute approximate surface area is 119 Å². The average Bonchev–Trinajstić information content (AvgIpc) is 2.37. The van der Waals surface area contributed by atoms with E-state index in [1.807, 2.05) is 0 Å². The summed E-state index contributed by atoms with van der Waals surface area (Å²) in [5.41, 5.74) is -1.30. The van der Waals surface area contributed by atoms with Crippen LogP contribution in [0.5, 0.6) is 0 Å². The molecule has 0 spiro atoms. The third-order valence-corrected chi connectivity index (χ3v) is 2.56. The molecule has 0 radical (unpaired) electrons. The number of hydrogen-bond donors (Lipinski definition) is 2. The van der Waals surface area contributed by atoms with Gasteiger partial charge < -0.3 is 15.4 Å².